The van der Waals surface area contributed by atoms with E-state index in [-0.39, 0.29) is 29.7 Å². The molecule has 4 rings (SSSR count). The van der Waals surface area contributed by atoms with Crippen molar-refractivity contribution in [3.63, 3.8) is 0 Å². The van der Waals surface area contributed by atoms with Crippen LogP contribution >= 0.6 is 0 Å². The van der Waals surface area contributed by atoms with Crippen LogP contribution in [-0.2, 0) is 22.4 Å². The van der Waals surface area contributed by atoms with Crippen LogP contribution in [0.3, 0.4) is 0 Å². The summed E-state index contributed by atoms with van der Waals surface area (Å²) in [6.45, 7) is 9.46. The van der Waals surface area contributed by atoms with Crippen molar-refractivity contribution in [3.05, 3.63) is 107 Å². The molecule has 4 amide bonds. The first-order chi connectivity index (χ1) is 23.0. The molecule has 1 aliphatic rings. The minimum absolute atomic E-state index is 0.133. The molecule has 0 aliphatic carbocycles. The zero-order valence-electron chi connectivity index (χ0n) is 29.0. The average molecular weight is 654 g/mol. The summed E-state index contributed by atoms with van der Waals surface area (Å²) >= 11 is 0. The number of nitrogens with zero attached hydrogens (tertiary/aromatic N) is 2. The lowest BCUT2D eigenvalue weighted by atomic mass is 9.85. The average Bonchev–Trinajstić information content (AvgIpc) is 3.56. The second-order valence-electron chi connectivity index (χ2n) is 13.7. The summed E-state index contributed by atoms with van der Waals surface area (Å²) in [5, 5.41) is 8.90. The number of carbonyl (C=O) groups excluding carboxylic acids is 4. The van der Waals surface area contributed by atoms with Gasteiger partial charge in [-0.1, -0.05) is 87.5 Å². The Balaban J connectivity index is 1.51. The van der Waals surface area contributed by atoms with Crippen LogP contribution in [0.4, 0.5) is 0 Å². The monoisotopic (exact) mass is 653 g/mol. The minimum Gasteiger partial charge on any atom is -0.352 e. The quantitative estimate of drug-likeness (QED) is 0.238. The maximum absolute atomic E-state index is 14.2. The predicted octanol–water partition coefficient (Wildman–Crippen LogP) is 4.47. The number of likely N-dealkylation sites (N-methyl/N-ethyl adjacent to an activating group) is 1. The molecule has 0 bridgehead atoms. The summed E-state index contributed by atoms with van der Waals surface area (Å²) in [6, 6.07) is 25.5. The van der Waals surface area contributed by atoms with Gasteiger partial charge in [0.2, 0.25) is 11.8 Å². The summed E-state index contributed by atoms with van der Waals surface area (Å²) in [4.78, 5) is 57.8. The van der Waals surface area contributed by atoms with E-state index < -0.39 is 17.5 Å². The van der Waals surface area contributed by atoms with Gasteiger partial charge in [-0.3, -0.25) is 19.2 Å². The van der Waals surface area contributed by atoms with Crippen molar-refractivity contribution < 1.29 is 19.2 Å². The first-order valence-corrected chi connectivity index (χ1v) is 17.0. The summed E-state index contributed by atoms with van der Waals surface area (Å²) in [5.41, 5.74) is 2.58. The van der Waals surface area contributed by atoms with Crippen LogP contribution in [0.5, 0.6) is 0 Å². The molecule has 0 saturated carbocycles. The molecule has 9 nitrogen and oxygen atoms in total. The van der Waals surface area contributed by atoms with Gasteiger partial charge < -0.3 is 25.8 Å². The van der Waals surface area contributed by atoms with Crippen LogP contribution in [0.1, 0.15) is 72.4 Å². The van der Waals surface area contributed by atoms with E-state index in [9.17, 15) is 19.2 Å². The van der Waals surface area contributed by atoms with Crippen molar-refractivity contribution >= 4 is 23.6 Å². The number of hydrogen-bond donors (Lipinski definition) is 3. The van der Waals surface area contributed by atoms with Crippen LogP contribution in [0.2, 0.25) is 0 Å². The lowest BCUT2D eigenvalue weighted by Gasteiger charge is -2.37. The Labute approximate surface area is 285 Å². The van der Waals surface area contributed by atoms with Gasteiger partial charge in [-0.25, -0.2) is 0 Å². The van der Waals surface area contributed by atoms with Crippen molar-refractivity contribution in [2.45, 2.75) is 71.5 Å². The van der Waals surface area contributed by atoms with Gasteiger partial charge in [0.05, 0.1) is 6.04 Å². The molecular formula is C39H51N5O4. The van der Waals surface area contributed by atoms with Crippen molar-refractivity contribution in [1.82, 2.24) is 25.8 Å². The second kappa shape index (κ2) is 17.1. The van der Waals surface area contributed by atoms with Gasteiger partial charge in [0.15, 0.2) is 0 Å². The molecule has 1 fully saturated rings. The van der Waals surface area contributed by atoms with E-state index in [0.717, 1.165) is 24.0 Å². The van der Waals surface area contributed by atoms with Gasteiger partial charge in [0, 0.05) is 43.3 Å². The molecule has 3 atom stereocenters. The molecule has 9 heteroatoms. The van der Waals surface area contributed by atoms with E-state index in [4.69, 9.17) is 0 Å². The zero-order valence-corrected chi connectivity index (χ0v) is 29.0. The Morgan fingerprint density at radius 3 is 2.12 bits per heavy atom. The summed E-state index contributed by atoms with van der Waals surface area (Å²) in [5.74, 6) is -0.781. The molecule has 0 unspecified atom stereocenters. The molecule has 1 heterocycles. The number of nitrogens with one attached hydrogen (secondary N) is 3. The highest BCUT2D eigenvalue weighted by Crippen LogP contribution is 2.27. The number of hydrogen-bond acceptors (Lipinski definition) is 5. The highest BCUT2D eigenvalue weighted by molar-refractivity contribution is 5.99. The molecule has 3 aromatic carbocycles. The van der Waals surface area contributed by atoms with Gasteiger partial charge in [-0.05, 0) is 74.4 Å². The topological polar surface area (TPSA) is 111 Å². The van der Waals surface area contributed by atoms with Gasteiger partial charge in [0.25, 0.3) is 11.8 Å². The van der Waals surface area contributed by atoms with E-state index in [2.05, 4.69) is 16.0 Å². The van der Waals surface area contributed by atoms with Crippen molar-refractivity contribution in [2.24, 2.45) is 5.41 Å². The maximum Gasteiger partial charge on any atom is 0.253 e. The number of benzene rings is 3. The molecule has 0 aromatic heterocycles. The third-order valence-electron chi connectivity index (χ3n) is 9.03. The van der Waals surface area contributed by atoms with Crippen molar-refractivity contribution in [1.29, 1.82) is 0 Å². The fourth-order valence-corrected chi connectivity index (χ4v) is 6.01. The third kappa shape index (κ3) is 10.0. The Morgan fingerprint density at radius 1 is 0.875 bits per heavy atom. The number of rotatable bonds is 14. The SMILES string of the molecule is CN[C@@H](C)C(=O)N[C@H](C(=O)N1CCC[C@H]1CN(CCc1ccccc1)C(=O)c1cccc(C(=O)NCCc2ccccc2)c1)C(C)(C)C. The first-order valence-electron chi connectivity index (χ1n) is 17.0. The summed E-state index contributed by atoms with van der Waals surface area (Å²) in [6.07, 6.45) is 2.93. The fraction of sp³-hybridized carbons (Fsp3) is 0.436. The molecule has 256 valence electrons. The molecular weight excluding hydrogens is 602 g/mol. The Morgan fingerprint density at radius 2 is 1.50 bits per heavy atom. The molecule has 48 heavy (non-hydrogen) atoms. The van der Waals surface area contributed by atoms with Crippen LogP contribution < -0.4 is 16.0 Å². The van der Waals surface area contributed by atoms with Crippen molar-refractivity contribution in [3.8, 4) is 0 Å². The van der Waals surface area contributed by atoms with E-state index in [0.29, 0.717) is 50.1 Å². The normalized spacial score (nSPS) is 15.8. The Kier molecular flexibility index (Phi) is 12.9. The second-order valence-corrected chi connectivity index (χ2v) is 13.7. The third-order valence-corrected chi connectivity index (χ3v) is 9.03. The zero-order chi connectivity index (χ0) is 34.7. The lowest BCUT2D eigenvalue weighted by Crippen LogP contribution is -2.59. The van der Waals surface area contributed by atoms with Gasteiger partial charge in [-0.2, -0.15) is 0 Å². The molecule has 0 spiro atoms. The van der Waals surface area contributed by atoms with Crippen LogP contribution in [-0.4, -0.2) is 84.8 Å². The van der Waals surface area contributed by atoms with Gasteiger partial charge >= 0.3 is 0 Å². The Bertz CT molecular complexity index is 1520. The molecule has 3 aromatic rings. The Hall–Kier alpha value is -4.50. The smallest absolute Gasteiger partial charge is 0.253 e. The molecule has 0 radical (unpaired) electrons. The predicted molar refractivity (Wildman–Crippen MR) is 190 cm³/mol. The first kappa shape index (κ1) is 36.3. The van der Waals surface area contributed by atoms with E-state index in [1.807, 2.05) is 91.2 Å². The molecule has 3 N–H and O–H groups in total. The van der Waals surface area contributed by atoms with E-state index >= 15 is 0 Å². The van der Waals surface area contributed by atoms with E-state index in [1.165, 1.54) is 0 Å². The largest absolute Gasteiger partial charge is 0.352 e. The summed E-state index contributed by atoms with van der Waals surface area (Å²) < 4.78 is 0. The van der Waals surface area contributed by atoms with Gasteiger partial charge in [0.1, 0.15) is 6.04 Å². The minimum atomic E-state index is -0.716. The van der Waals surface area contributed by atoms with Gasteiger partial charge in [-0.15, -0.1) is 0 Å². The number of carbonyl (C=O) groups is 4. The standard InChI is InChI=1S/C39H51N5O4/c1-28(40-5)35(45)42-34(39(2,3)4)38(48)44-24-13-20-33(44)27-43(25-22-30-16-10-7-11-17-30)37(47)32-19-12-18-31(26-32)36(46)41-23-21-29-14-8-6-9-15-29/h6-12,14-19,26,28,33-34,40H,13,20-25,27H2,1-5H3,(H,41,46)(H,42,45)/t28-,33-,34+/m0/s1. The molecule has 1 aliphatic heterocycles. The van der Waals surface area contributed by atoms with Crippen LogP contribution in [0, 0.1) is 5.41 Å². The van der Waals surface area contributed by atoms with E-state index in [1.54, 1.807) is 38.2 Å². The molecule has 1 saturated heterocycles. The van der Waals surface area contributed by atoms with Crippen LogP contribution in [0.25, 0.3) is 0 Å². The lowest BCUT2D eigenvalue weighted by molar-refractivity contribution is -0.140. The number of amides is 4. The highest BCUT2D eigenvalue weighted by atomic mass is 16.2. The fourth-order valence-electron chi connectivity index (χ4n) is 6.01. The van der Waals surface area contributed by atoms with Crippen LogP contribution in [0.15, 0.2) is 84.9 Å². The number of likely N-dealkylation sites (tertiary alicyclic amines) is 1. The highest BCUT2D eigenvalue weighted by Gasteiger charge is 2.40. The maximum atomic E-state index is 14.2. The summed E-state index contributed by atoms with van der Waals surface area (Å²) in [7, 11) is 1.71. The van der Waals surface area contributed by atoms with Crippen molar-refractivity contribution in [2.75, 3.05) is 33.2 Å².